The summed E-state index contributed by atoms with van der Waals surface area (Å²) in [6.45, 7) is 1.98. The SMILES string of the molecule is CC(C(=O)Nc1cc(Cl)cc(Cl)c1)n1cc(CN)nn1. The van der Waals surface area contributed by atoms with E-state index in [0.29, 0.717) is 21.4 Å². The molecule has 1 heterocycles. The minimum absolute atomic E-state index is 0.253. The Hall–Kier alpha value is -1.63. The number of amides is 1. The van der Waals surface area contributed by atoms with Gasteiger partial charge in [-0.05, 0) is 25.1 Å². The number of carbonyl (C=O) groups is 1. The zero-order chi connectivity index (χ0) is 14.7. The van der Waals surface area contributed by atoms with Crippen molar-refractivity contribution in [1.82, 2.24) is 15.0 Å². The highest BCUT2D eigenvalue weighted by Crippen LogP contribution is 2.23. The Labute approximate surface area is 125 Å². The topological polar surface area (TPSA) is 85.8 Å². The first kappa shape index (κ1) is 14.8. The molecule has 0 spiro atoms. The summed E-state index contributed by atoms with van der Waals surface area (Å²) in [5.74, 6) is -0.253. The van der Waals surface area contributed by atoms with Crippen molar-refractivity contribution in [3.63, 3.8) is 0 Å². The van der Waals surface area contributed by atoms with Crippen LogP contribution in [-0.2, 0) is 11.3 Å². The number of benzene rings is 1. The van der Waals surface area contributed by atoms with E-state index in [1.165, 1.54) is 4.68 Å². The average Bonchev–Trinajstić information content (AvgIpc) is 2.85. The molecule has 0 bridgehead atoms. The van der Waals surface area contributed by atoms with E-state index in [4.69, 9.17) is 28.9 Å². The second-order valence-electron chi connectivity index (χ2n) is 4.22. The van der Waals surface area contributed by atoms with Crippen molar-refractivity contribution < 1.29 is 4.79 Å². The fourth-order valence-electron chi connectivity index (χ4n) is 1.59. The van der Waals surface area contributed by atoms with Crippen molar-refractivity contribution in [2.75, 3.05) is 5.32 Å². The molecule has 1 amide bonds. The van der Waals surface area contributed by atoms with Gasteiger partial charge in [0.05, 0.1) is 11.9 Å². The summed E-state index contributed by atoms with van der Waals surface area (Å²) in [5, 5.41) is 11.3. The van der Waals surface area contributed by atoms with E-state index in [1.54, 1.807) is 31.3 Å². The van der Waals surface area contributed by atoms with Crippen molar-refractivity contribution in [3.8, 4) is 0 Å². The molecule has 1 unspecified atom stereocenters. The molecule has 1 aromatic carbocycles. The summed E-state index contributed by atoms with van der Waals surface area (Å²) in [5.41, 5.74) is 6.60. The van der Waals surface area contributed by atoms with Crippen molar-refractivity contribution in [2.45, 2.75) is 19.5 Å². The first-order valence-corrected chi connectivity index (χ1v) is 6.63. The van der Waals surface area contributed by atoms with Gasteiger partial charge in [-0.2, -0.15) is 0 Å². The number of hydrogen-bond donors (Lipinski definition) is 2. The van der Waals surface area contributed by atoms with Crippen LogP contribution >= 0.6 is 23.2 Å². The molecule has 0 saturated carbocycles. The number of anilines is 1. The summed E-state index contributed by atoms with van der Waals surface area (Å²) in [6.07, 6.45) is 1.63. The molecule has 0 saturated heterocycles. The van der Waals surface area contributed by atoms with Gasteiger partial charge in [-0.1, -0.05) is 28.4 Å². The third kappa shape index (κ3) is 3.47. The average molecular weight is 314 g/mol. The van der Waals surface area contributed by atoms with E-state index in [1.807, 2.05) is 0 Å². The number of hydrogen-bond acceptors (Lipinski definition) is 4. The van der Waals surface area contributed by atoms with Crippen LogP contribution in [0.1, 0.15) is 18.7 Å². The molecular weight excluding hydrogens is 301 g/mol. The standard InChI is InChI=1S/C12H13Cl2N5O/c1-7(19-6-11(5-15)17-18-19)12(20)16-10-3-8(13)2-9(14)4-10/h2-4,6-7H,5,15H2,1H3,(H,16,20). The van der Waals surface area contributed by atoms with Gasteiger partial charge in [0, 0.05) is 22.3 Å². The van der Waals surface area contributed by atoms with Gasteiger partial charge in [0.15, 0.2) is 0 Å². The number of nitrogens with zero attached hydrogens (tertiary/aromatic N) is 3. The number of nitrogens with two attached hydrogens (primary N) is 1. The van der Waals surface area contributed by atoms with Crippen LogP contribution in [0.4, 0.5) is 5.69 Å². The number of rotatable bonds is 4. The smallest absolute Gasteiger partial charge is 0.249 e. The van der Waals surface area contributed by atoms with Crippen LogP contribution in [0.2, 0.25) is 10.0 Å². The Bertz CT molecular complexity index is 608. The summed E-state index contributed by atoms with van der Waals surface area (Å²) in [6, 6.07) is 4.29. The van der Waals surface area contributed by atoms with Crippen molar-refractivity contribution in [1.29, 1.82) is 0 Å². The van der Waals surface area contributed by atoms with Gasteiger partial charge < -0.3 is 11.1 Å². The van der Waals surface area contributed by atoms with E-state index < -0.39 is 6.04 Å². The molecular formula is C12H13Cl2N5O. The lowest BCUT2D eigenvalue weighted by molar-refractivity contribution is -0.119. The molecule has 1 aromatic heterocycles. The summed E-state index contributed by atoms with van der Waals surface area (Å²) in [7, 11) is 0. The molecule has 0 aliphatic rings. The number of aromatic nitrogens is 3. The minimum atomic E-state index is -0.527. The Morgan fingerprint density at radius 1 is 1.40 bits per heavy atom. The molecule has 2 rings (SSSR count). The van der Waals surface area contributed by atoms with Crippen LogP contribution in [-0.4, -0.2) is 20.9 Å². The van der Waals surface area contributed by atoms with E-state index in [9.17, 15) is 4.79 Å². The highest BCUT2D eigenvalue weighted by molar-refractivity contribution is 6.35. The van der Waals surface area contributed by atoms with Gasteiger partial charge in [-0.25, -0.2) is 4.68 Å². The van der Waals surface area contributed by atoms with Gasteiger partial charge in [0.25, 0.3) is 0 Å². The lowest BCUT2D eigenvalue weighted by atomic mass is 10.2. The zero-order valence-electron chi connectivity index (χ0n) is 10.7. The van der Waals surface area contributed by atoms with Crippen LogP contribution in [0.5, 0.6) is 0 Å². The van der Waals surface area contributed by atoms with Gasteiger partial charge in [-0.3, -0.25) is 4.79 Å². The van der Waals surface area contributed by atoms with Crippen molar-refractivity contribution in [2.24, 2.45) is 5.73 Å². The molecule has 0 radical (unpaired) electrons. The lowest BCUT2D eigenvalue weighted by Gasteiger charge is -2.12. The fourth-order valence-corrected chi connectivity index (χ4v) is 2.12. The monoisotopic (exact) mass is 313 g/mol. The zero-order valence-corrected chi connectivity index (χ0v) is 12.2. The molecule has 20 heavy (non-hydrogen) atoms. The van der Waals surface area contributed by atoms with Gasteiger partial charge >= 0.3 is 0 Å². The van der Waals surface area contributed by atoms with E-state index >= 15 is 0 Å². The number of nitrogens with one attached hydrogen (secondary N) is 1. The first-order valence-electron chi connectivity index (χ1n) is 5.87. The lowest BCUT2D eigenvalue weighted by Crippen LogP contribution is -2.24. The fraction of sp³-hybridized carbons (Fsp3) is 0.250. The highest BCUT2D eigenvalue weighted by Gasteiger charge is 2.17. The Kier molecular flexibility index (Phi) is 4.59. The van der Waals surface area contributed by atoms with Crippen LogP contribution in [0, 0.1) is 0 Å². The molecule has 2 aromatic rings. The Morgan fingerprint density at radius 2 is 2.05 bits per heavy atom. The third-order valence-corrected chi connectivity index (χ3v) is 3.11. The second-order valence-corrected chi connectivity index (χ2v) is 5.09. The van der Waals surface area contributed by atoms with Crippen LogP contribution < -0.4 is 11.1 Å². The minimum Gasteiger partial charge on any atom is -0.325 e. The first-order chi connectivity index (χ1) is 9.49. The number of halogens is 2. The van der Waals surface area contributed by atoms with Crippen LogP contribution in [0.25, 0.3) is 0 Å². The molecule has 1 atom stereocenters. The van der Waals surface area contributed by atoms with Crippen LogP contribution in [0.15, 0.2) is 24.4 Å². The molecule has 0 aliphatic heterocycles. The van der Waals surface area contributed by atoms with Crippen LogP contribution in [0.3, 0.4) is 0 Å². The van der Waals surface area contributed by atoms with E-state index in [-0.39, 0.29) is 12.5 Å². The summed E-state index contributed by atoms with van der Waals surface area (Å²) in [4.78, 5) is 12.1. The maximum Gasteiger partial charge on any atom is 0.249 e. The quantitative estimate of drug-likeness (QED) is 0.906. The predicted octanol–water partition coefficient (Wildman–Crippen LogP) is 2.24. The molecule has 0 fully saturated rings. The predicted molar refractivity (Wildman–Crippen MR) is 77.7 cm³/mol. The Morgan fingerprint density at radius 3 is 2.60 bits per heavy atom. The maximum atomic E-state index is 12.1. The second kappa shape index (κ2) is 6.21. The van der Waals surface area contributed by atoms with E-state index in [2.05, 4.69) is 15.6 Å². The van der Waals surface area contributed by atoms with Crippen molar-refractivity contribution in [3.05, 3.63) is 40.1 Å². The van der Waals surface area contributed by atoms with E-state index in [0.717, 1.165) is 0 Å². The largest absolute Gasteiger partial charge is 0.325 e. The van der Waals surface area contributed by atoms with Crippen molar-refractivity contribution >= 4 is 34.8 Å². The molecule has 6 nitrogen and oxygen atoms in total. The molecule has 3 N–H and O–H groups in total. The third-order valence-electron chi connectivity index (χ3n) is 2.67. The van der Waals surface area contributed by atoms with Gasteiger partial charge in [-0.15, -0.1) is 5.10 Å². The Balaban J connectivity index is 2.10. The summed E-state index contributed by atoms with van der Waals surface area (Å²) >= 11 is 11.8. The van der Waals surface area contributed by atoms with Gasteiger partial charge in [0.1, 0.15) is 6.04 Å². The summed E-state index contributed by atoms with van der Waals surface area (Å²) < 4.78 is 1.45. The maximum absolute atomic E-state index is 12.1. The molecule has 8 heteroatoms. The van der Waals surface area contributed by atoms with Gasteiger partial charge in [0.2, 0.25) is 5.91 Å². The molecule has 0 aliphatic carbocycles. The normalized spacial score (nSPS) is 12.2. The molecule has 106 valence electrons. The highest BCUT2D eigenvalue weighted by atomic mass is 35.5. The number of carbonyl (C=O) groups excluding carboxylic acids is 1.